The van der Waals surface area contributed by atoms with Gasteiger partial charge in [0.05, 0.1) is 7.11 Å². The molecule has 0 saturated carbocycles. The average molecular weight is 298 g/mol. The van der Waals surface area contributed by atoms with Crippen molar-refractivity contribution in [1.82, 2.24) is 4.90 Å². The van der Waals surface area contributed by atoms with E-state index in [1.165, 1.54) is 5.69 Å². The van der Waals surface area contributed by atoms with Crippen LogP contribution < -0.4 is 9.64 Å². The lowest BCUT2D eigenvalue weighted by Gasteiger charge is -2.36. The van der Waals surface area contributed by atoms with Crippen molar-refractivity contribution in [1.29, 1.82) is 0 Å². The van der Waals surface area contributed by atoms with Crippen molar-refractivity contribution in [3.63, 3.8) is 0 Å². The van der Waals surface area contributed by atoms with Crippen molar-refractivity contribution in [2.24, 2.45) is 0 Å². The Morgan fingerprint density at radius 2 is 1.68 bits per heavy atom. The van der Waals surface area contributed by atoms with Crippen molar-refractivity contribution in [2.45, 2.75) is 6.54 Å². The molecular weight excluding hydrogens is 276 g/mol. The Balaban J connectivity index is 1.61. The van der Waals surface area contributed by atoms with Gasteiger partial charge in [-0.1, -0.05) is 30.3 Å². The Morgan fingerprint density at radius 1 is 0.955 bits per heavy atom. The molecular formula is C18H22N2O2. The number of rotatable bonds is 4. The highest BCUT2D eigenvalue weighted by Gasteiger charge is 2.18. The van der Waals surface area contributed by atoms with Crippen molar-refractivity contribution in [3.05, 3.63) is 54.1 Å². The Kier molecular flexibility index (Phi) is 4.49. The van der Waals surface area contributed by atoms with Crippen molar-refractivity contribution in [2.75, 3.05) is 38.2 Å². The Hall–Kier alpha value is -2.20. The molecule has 0 bridgehead atoms. The molecule has 1 aliphatic heterocycles. The highest BCUT2D eigenvalue weighted by Crippen LogP contribution is 2.30. The van der Waals surface area contributed by atoms with Gasteiger partial charge >= 0.3 is 0 Å². The molecule has 2 aromatic carbocycles. The summed E-state index contributed by atoms with van der Waals surface area (Å²) in [6.07, 6.45) is 0. The number of anilines is 1. The van der Waals surface area contributed by atoms with Crippen LogP contribution in [0.25, 0.3) is 0 Å². The zero-order chi connectivity index (χ0) is 15.4. The maximum absolute atomic E-state index is 10.2. The van der Waals surface area contributed by atoms with Crippen molar-refractivity contribution < 1.29 is 9.84 Å². The number of methoxy groups -OCH3 is 1. The first-order valence-electron chi connectivity index (χ1n) is 7.65. The molecule has 4 heteroatoms. The first kappa shape index (κ1) is 14.7. The van der Waals surface area contributed by atoms with Gasteiger partial charge in [0.15, 0.2) is 11.5 Å². The van der Waals surface area contributed by atoms with Crippen LogP contribution in [-0.2, 0) is 6.54 Å². The van der Waals surface area contributed by atoms with Crippen LogP contribution in [-0.4, -0.2) is 43.3 Å². The number of ether oxygens (including phenoxy) is 1. The first-order chi connectivity index (χ1) is 10.8. The molecule has 1 saturated heterocycles. The first-order valence-corrected chi connectivity index (χ1v) is 7.65. The summed E-state index contributed by atoms with van der Waals surface area (Å²) >= 11 is 0. The van der Waals surface area contributed by atoms with Crippen molar-refractivity contribution in [3.8, 4) is 11.5 Å². The van der Waals surface area contributed by atoms with Gasteiger partial charge in [0.2, 0.25) is 0 Å². The summed E-state index contributed by atoms with van der Waals surface area (Å²) in [5.41, 5.74) is 2.21. The predicted molar refractivity (Wildman–Crippen MR) is 88.6 cm³/mol. The predicted octanol–water partition coefficient (Wildman–Crippen LogP) is 2.72. The minimum atomic E-state index is 0.260. The van der Waals surface area contributed by atoms with Crippen LogP contribution in [0.4, 0.5) is 5.69 Å². The van der Waals surface area contributed by atoms with Crippen LogP contribution in [0.2, 0.25) is 0 Å². The monoisotopic (exact) mass is 298 g/mol. The van der Waals surface area contributed by atoms with Gasteiger partial charge in [-0.25, -0.2) is 0 Å². The highest BCUT2D eigenvalue weighted by molar-refractivity contribution is 5.47. The molecule has 1 N–H and O–H groups in total. The SMILES string of the molecule is COc1cccc(CN2CCN(c3ccccc3)CC2)c1O. The normalized spacial score (nSPS) is 15.8. The molecule has 1 aliphatic rings. The van der Waals surface area contributed by atoms with Gasteiger partial charge < -0.3 is 14.7 Å². The van der Waals surface area contributed by atoms with Crippen LogP contribution in [0.1, 0.15) is 5.56 Å². The minimum absolute atomic E-state index is 0.260. The largest absolute Gasteiger partial charge is 0.504 e. The number of nitrogens with zero attached hydrogens (tertiary/aromatic N) is 2. The number of hydrogen-bond acceptors (Lipinski definition) is 4. The quantitative estimate of drug-likeness (QED) is 0.941. The van der Waals surface area contributed by atoms with Crippen LogP contribution >= 0.6 is 0 Å². The zero-order valence-corrected chi connectivity index (χ0v) is 12.9. The molecule has 1 fully saturated rings. The molecule has 2 aromatic rings. The fourth-order valence-corrected chi connectivity index (χ4v) is 2.90. The smallest absolute Gasteiger partial charge is 0.162 e. The number of hydrogen-bond donors (Lipinski definition) is 1. The number of phenols is 1. The summed E-state index contributed by atoms with van der Waals surface area (Å²) in [5, 5.41) is 10.2. The van der Waals surface area contributed by atoms with Gasteiger partial charge in [-0.05, 0) is 18.2 Å². The second-order valence-electron chi connectivity index (χ2n) is 5.57. The molecule has 3 rings (SSSR count). The third kappa shape index (κ3) is 3.17. The molecule has 0 aromatic heterocycles. The Labute approximate surface area is 131 Å². The van der Waals surface area contributed by atoms with E-state index in [4.69, 9.17) is 4.74 Å². The number of piperazine rings is 1. The maximum atomic E-state index is 10.2. The Bertz CT molecular complexity index is 608. The lowest BCUT2D eigenvalue weighted by Crippen LogP contribution is -2.45. The van der Waals surface area contributed by atoms with Crippen LogP contribution in [0.3, 0.4) is 0 Å². The fraction of sp³-hybridized carbons (Fsp3) is 0.333. The maximum Gasteiger partial charge on any atom is 0.162 e. The van der Waals surface area contributed by atoms with E-state index < -0.39 is 0 Å². The van der Waals surface area contributed by atoms with Gasteiger partial charge in [0, 0.05) is 44.0 Å². The molecule has 0 aliphatic carbocycles. The van der Waals surface area contributed by atoms with E-state index in [-0.39, 0.29) is 5.75 Å². The second-order valence-corrected chi connectivity index (χ2v) is 5.57. The summed E-state index contributed by atoms with van der Waals surface area (Å²) in [5.74, 6) is 0.802. The van der Waals surface area contributed by atoms with E-state index in [2.05, 4.69) is 34.1 Å². The van der Waals surface area contributed by atoms with E-state index in [1.54, 1.807) is 13.2 Å². The van der Waals surface area contributed by atoms with Gasteiger partial charge in [-0.2, -0.15) is 0 Å². The average Bonchev–Trinajstić information content (AvgIpc) is 2.58. The second kappa shape index (κ2) is 6.71. The zero-order valence-electron chi connectivity index (χ0n) is 12.9. The van der Waals surface area contributed by atoms with Crippen LogP contribution in [0.5, 0.6) is 11.5 Å². The molecule has 116 valence electrons. The summed E-state index contributed by atoms with van der Waals surface area (Å²) in [6, 6.07) is 16.2. The van der Waals surface area contributed by atoms with Gasteiger partial charge in [-0.3, -0.25) is 4.90 Å². The number of para-hydroxylation sites is 2. The molecule has 1 heterocycles. The molecule has 4 nitrogen and oxygen atoms in total. The Morgan fingerprint density at radius 3 is 2.36 bits per heavy atom. The summed E-state index contributed by atoms with van der Waals surface area (Å²) in [7, 11) is 1.58. The number of phenolic OH excluding ortho intramolecular Hbond substituents is 1. The molecule has 0 spiro atoms. The lowest BCUT2D eigenvalue weighted by molar-refractivity contribution is 0.245. The molecule has 0 unspecified atom stereocenters. The van der Waals surface area contributed by atoms with Crippen molar-refractivity contribution >= 4 is 5.69 Å². The summed E-state index contributed by atoms with van der Waals surface area (Å²) in [4.78, 5) is 4.77. The topological polar surface area (TPSA) is 35.9 Å². The molecule has 0 amide bonds. The van der Waals surface area contributed by atoms with E-state index >= 15 is 0 Å². The molecule has 0 radical (unpaired) electrons. The standard InChI is InChI=1S/C18H22N2O2/c1-22-17-9-5-6-15(18(17)21)14-19-10-12-20(13-11-19)16-7-3-2-4-8-16/h2-9,21H,10-14H2,1H3. The van der Waals surface area contributed by atoms with E-state index in [0.717, 1.165) is 38.3 Å². The van der Waals surface area contributed by atoms with E-state index in [0.29, 0.717) is 5.75 Å². The third-order valence-corrected chi connectivity index (χ3v) is 4.19. The van der Waals surface area contributed by atoms with Crippen LogP contribution in [0, 0.1) is 0 Å². The van der Waals surface area contributed by atoms with Gasteiger partial charge in [0.25, 0.3) is 0 Å². The minimum Gasteiger partial charge on any atom is -0.504 e. The fourth-order valence-electron chi connectivity index (χ4n) is 2.90. The summed E-state index contributed by atoms with van der Waals surface area (Å²) in [6.45, 7) is 4.76. The number of benzene rings is 2. The third-order valence-electron chi connectivity index (χ3n) is 4.19. The summed E-state index contributed by atoms with van der Waals surface area (Å²) < 4.78 is 5.17. The van der Waals surface area contributed by atoms with Gasteiger partial charge in [-0.15, -0.1) is 0 Å². The van der Waals surface area contributed by atoms with Gasteiger partial charge in [0.1, 0.15) is 0 Å². The lowest BCUT2D eigenvalue weighted by atomic mass is 10.1. The highest BCUT2D eigenvalue weighted by atomic mass is 16.5. The molecule has 0 atom stereocenters. The van der Waals surface area contributed by atoms with Crippen LogP contribution in [0.15, 0.2) is 48.5 Å². The number of aromatic hydroxyl groups is 1. The molecule has 22 heavy (non-hydrogen) atoms. The van der Waals surface area contributed by atoms with E-state index in [1.807, 2.05) is 18.2 Å². The van der Waals surface area contributed by atoms with E-state index in [9.17, 15) is 5.11 Å².